The second-order valence-electron chi connectivity index (χ2n) is 5.93. The number of hydrogen-bond donors (Lipinski definition) is 0. The van der Waals surface area contributed by atoms with Crippen LogP contribution in [0.5, 0.6) is 0 Å². The molecule has 1 aliphatic rings. The molecule has 0 amide bonds. The van der Waals surface area contributed by atoms with E-state index in [1.54, 1.807) is 17.2 Å². The summed E-state index contributed by atoms with van der Waals surface area (Å²) < 4.78 is 7.71. The standard InChI is InChI=1S/C18H18N6O/c19-7-4-8-24-18-15(11-22-24)17(20-13-21-18)23-9-10-25-16(12-23)14-5-2-1-3-6-14/h1-3,5-6,11,13,16H,4,8-10,12H2/t16-/m1/s1. The highest BCUT2D eigenvalue weighted by Crippen LogP contribution is 2.28. The highest BCUT2D eigenvalue weighted by atomic mass is 16.5. The molecule has 3 heterocycles. The lowest BCUT2D eigenvalue weighted by Gasteiger charge is -2.34. The van der Waals surface area contributed by atoms with Crippen molar-refractivity contribution in [2.75, 3.05) is 24.6 Å². The number of fused-ring (bicyclic) bond motifs is 1. The third-order valence-electron chi connectivity index (χ3n) is 4.39. The molecule has 0 bridgehead atoms. The molecule has 1 fully saturated rings. The molecule has 1 atom stereocenters. The summed E-state index contributed by atoms with van der Waals surface area (Å²) in [4.78, 5) is 11.1. The maximum Gasteiger partial charge on any atom is 0.163 e. The summed E-state index contributed by atoms with van der Waals surface area (Å²) in [5.74, 6) is 0.873. The average molecular weight is 334 g/mol. The van der Waals surface area contributed by atoms with Gasteiger partial charge in [0.05, 0.1) is 37.2 Å². The second kappa shape index (κ2) is 6.87. The molecule has 0 unspecified atom stereocenters. The van der Waals surface area contributed by atoms with E-state index < -0.39 is 0 Å². The van der Waals surface area contributed by atoms with E-state index in [0.29, 0.717) is 19.6 Å². The molecular weight excluding hydrogens is 316 g/mol. The summed E-state index contributed by atoms with van der Waals surface area (Å²) in [6, 6.07) is 12.4. The summed E-state index contributed by atoms with van der Waals surface area (Å²) in [5, 5.41) is 14.1. The Balaban J connectivity index is 1.63. The molecule has 0 saturated carbocycles. The molecule has 1 aromatic carbocycles. The first-order valence-corrected chi connectivity index (χ1v) is 8.32. The fraction of sp³-hybridized carbons (Fsp3) is 0.333. The monoisotopic (exact) mass is 334 g/mol. The summed E-state index contributed by atoms with van der Waals surface area (Å²) in [6.45, 7) is 2.69. The number of aromatic nitrogens is 4. The van der Waals surface area contributed by atoms with Crippen LogP contribution in [0.15, 0.2) is 42.9 Å². The Morgan fingerprint density at radius 3 is 2.96 bits per heavy atom. The SMILES string of the molecule is N#CCCn1ncc2c(N3CCO[C@@H](c4ccccc4)C3)ncnc21. The van der Waals surface area contributed by atoms with Gasteiger partial charge in [0.2, 0.25) is 0 Å². The molecule has 7 nitrogen and oxygen atoms in total. The molecule has 1 saturated heterocycles. The lowest BCUT2D eigenvalue weighted by Crippen LogP contribution is -2.39. The number of nitrogens with zero attached hydrogens (tertiary/aromatic N) is 6. The van der Waals surface area contributed by atoms with Crippen LogP contribution in [0.1, 0.15) is 18.1 Å². The predicted molar refractivity (Wildman–Crippen MR) is 92.9 cm³/mol. The number of morpholine rings is 1. The second-order valence-corrected chi connectivity index (χ2v) is 5.93. The normalized spacial score (nSPS) is 17.6. The Kier molecular flexibility index (Phi) is 4.27. The maximum atomic E-state index is 8.79. The Hall–Kier alpha value is -2.98. The molecule has 1 aliphatic heterocycles. The van der Waals surface area contributed by atoms with Crippen molar-refractivity contribution in [2.24, 2.45) is 0 Å². The first kappa shape index (κ1) is 15.5. The van der Waals surface area contributed by atoms with Crippen LogP contribution < -0.4 is 4.90 Å². The molecule has 0 aliphatic carbocycles. The van der Waals surface area contributed by atoms with E-state index in [9.17, 15) is 0 Å². The number of nitriles is 1. The highest BCUT2D eigenvalue weighted by molar-refractivity contribution is 5.86. The minimum atomic E-state index is 0.0219. The lowest BCUT2D eigenvalue weighted by molar-refractivity contribution is 0.0396. The molecule has 4 rings (SSSR count). The minimum Gasteiger partial charge on any atom is -0.370 e. The first-order chi connectivity index (χ1) is 12.4. The zero-order valence-corrected chi connectivity index (χ0v) is 13.7. The highest BCUT2D eigenvalue weighted by Gasteiger charge is 2.25. The summed E-state index contributed by atoms with van der Waals surface area (Å²) in [7, 11) is 0. The van der Waals surface area contributed by atoms with Crippen LogP contribution in [0, 0.1) is 11.3 Å². The maximum absolute atomic E-state index is 8.79. The number of aryl methyl sites for hydroxylation is 1. The quantitative estimate of drug-likeness (QED) is 0.728. The van der Waals surface area contributed by atoms with Gasteiger partial charge >= 0.3 is 0 Å². The van der Waals surface area contributed by atoms with Crippen molar-refractivity contribution in [1.82, 2.24) is 19.7 Å². The predicted octanol–water partition coefficient (Wildman–Crippen LogP) is 2.32. The van der Waals surface area contributed by atoms with E-state index in [1.165, 1.54) is 5.56 Å². The minimum absolute atomic E-state index is 0.0219. The number of rotatable bonds is 4. The van der Waals surface area contributed by atoms with Gasteiger partial charge in [0.25, 0.3) is 0 Å². The van der Waals surface area contributed by atoms with Crippen LogP contribution in [0.2, 0.25) is 0 Å². The zero-order valence-electron chi connectivity index (χ0n) is 13.7. The fourth-order valence-corrected chi connectivity index (χ4v) is 3.16. The van der Waals surface area contributed by atoms with Gasteiger partial charge in [-0.25, -0.2) is 14.6 Å². The molecule has 7 heteroatoms. The zero-order chi connectivity index (χ0) is 17.1. The van der Waals surface area contributed by atoms with Crippen LogP contribution in [0.4, 0.5) is 5.82 Å². The van der Waals surface area contributed by atoms with E-state index >= 15 is 0 Å². The van der Waals surface area contributed by atoms with Gasteiger partial charge in [-0.05, 0) is 5.56 Å². The molecule has 0 radical (unpaired) electrons. The molecular formula is C18H18N6O. The van der Waals surface area contributed by atoms with E-state index in [1.807, 2.05) is 18.2 Å². The van der Waals surface area contributed by atoms with Crippen LogP contribution >= 0.6 is 0 Å². The van der Waals surface area contributed by atoms with Crippen LogP contribution in [0.25, 0.3) is 11.0 Å². The van der Waals surface area contributed by atoms with Crippen molar-refractivity contribution in [1.29, 1.82) is 5.26 Å². The van der Waals surface area contributed by atoms with E-state index in [-0.39, 0.29) is 6.10 Å². The molecule has 126 valence electrons. The molecule has 0 N–H and O–H groups in total. The van der Waals surface area contributed by atoms with Gasteiger partial charge in [-0.3, -0.25) is 0 Å². The number of ether oxygens (including phenoxy) is 1. The summed E-state index contributed by atoms with van der Waals surface area (Å²) >= 11 is 0. The van der Waals surface area contributed by atoms with Crippen LogP contribution in [0.3, 0.4) is 0 Å². The van der Waals surface area contributed by atoms with Crippen LogP contribution in [-0.2, 0) is 11.3 Å². The number of hydrogen-bond acceptors (Lipinski definition) is 6. The van der Waals surface area contributed by atoms with Gasteiger partial charge in [-0.2, -0.15) is 10.4 Å². The topological polar surface area (TPSA) is 79.9 Å². The Morgan fingerprint density at radius 2 is 2.12 bits per heavy atom. The largest absolute Gasteiger partial charge is 0.370 e. The van der Waals surface area contributed by atoms with Gasteiger partial charge in [-0.15, -0.1) is 0 Å². The van der Waals surface area contributed by atoms with Gasteiger partial charge in [-0.1, -0.05) is 30.3 Å². The Bertz CT molecular complexity index is 901. The van der Waals surface area contributed by atoms with Crippen molar-refractivity contribution < 1.29 is 4.74 Å². The summed E-state index contributed by atoms with van der Waals surface area (Å²) in [6.07, 6.45) is 3.78. The van der Waals surface area contributed by atoms with Crippen molar-refractivity contribution in [3.05, 3.63) is 48.4 Å². The molecule has 0 spiro atoms. The van der Waals surface area contributed by atoms with E-state index in [4.69, 9.17) is 10.00 Å². The molecule has 25 heavy (non-hydrogen) atoms. The van der Waals surface area contributed by atoms with Crippen molar-refractivity contribution in [3.8, 4) is 6.07 Å². The number of anilines is 1. The van der Waals surface area contributed by atoms with Crippen molar-refractivity contribution >= 4 is 16.9 Å². The Labute approximate surface area is 145 Å². The fourth-order valence-electron chi connectivity index (χ4n) is 3.16. The van der Waals surface area contributed by atoms with Gasteiger partial charge < -0.3 is 9.64 Å². The third-order valence-corrected chi connectivity index (χ3v) is 4.39. The van der Waals surface area contributed by atoms with Gasteiger partial charge in [0.15, 0.2) is 5.65 Å². The Morgan fingerprint density at radius 1 is 1.24 bits per heavy atom. The van der Waals surface area contributed by atoms with Crippen molar-refractivity contribution in [3.63, 3.8) is 0 Å². The average Bonchev–Trinajstić information content (AvgIpc) is 3.10. The van der Waals surface area contributed by atoms with E-state index in [2.05, 4.69) is 38.2 Å². The molecule has 3 aromatic rings. The van der Waals surface area contributed by atoms with Gasteiger partial charge in [0, 0.05) is 13.1 Å². The first-order valence-electron chi connectivity index (χ1n) is 8.32. The number of benzene rings is 1. The van der Waals surface area contributed by atoms with E-state index in [0.717, 1.165) is 29.9 Å². The lowest BCUT2D eigenvalue weighted by atomic mass is 10.1. The van der Waals surface area contributed by atoms with Crippen LogP contribution in [-0.4, -0.2) is 39.4 Å². The summed E-state index contributed by atoms with van der Waals surface area (Å²) in [5.41, 5.74) is 1.94. The third kappa shape index (κ3) is 3.04. The molecule has 2 aromatic heterocycles. The van der Waals surface area contributed by atoms with Gasteiger partial charge in [0.1, 0.15) is 18.2 Å². The van der Waals surface area contributed by atoms with Crippen molar-refractivity contribution in [2.45, 2.75) is 19.1 Å². The smallest absolute Gasteiger partial charge is 0.163 e.